The number of nitrogens with one attached hydrogen (secondary N) is 1. The van der Waals surface area contributed by atoms with Gasteiger partial charge in [-0.15, -0.1) is 0 Å². The number of rotatable bonds is 14. The number of hydrogen-bond donors (Lipinski definition) is 2. The normalized spacial score (nSPS) is 13.3. The first kappa shape index (κ1) is 29.7. The highest BCUT2D eigenvalue weighted by Gasteiger charge is 2.19. The lowest BCUT2D eigenvalue weighted by molar-refractivity contribution is -0.131. The van der Waals surface area contributed by atoms with Gasteiger partial charge in [-0.3, -0.25) is 0 Å². The number of carboxylic acids is 1. The summed E-state index contributed by atoms with van der Waals surface area (Å²) in [6.45, 7) is 4.18. The number of methoxy groups -OCH3 is 2. The molecule has 0 unspecified atom stereocenters. The van der Waals surface area contributed by atoms with Gasteiger partial charge in [0, 0.05) is 29.6 Å². The van der Waals surface area contributed by atoms with E-state index in [2.05, 4.69) is 20.2 Å². The molecule has 1 aliphatic heterocycles. The minimum atomic E-state index is -1.07. The van der Waals surface area contributed by atoms with Crippen molar-refractivity contribution in [3.05, 3.63) is 78.1 Å². The molecule has 2 N–H and O–H groups in total. The van der Waals surface area contributed by atoms with Crippen LogP contribution in [0.2, 0.25) is 0 Å². The molecule has 0 saturated carbocycles. The summed E-state index contributed by atoms with van der Waals surface area (Å²) in [5, 5.41) is 13.4. The molecule has 10 nitrogen and oxygen atoms in total. The third-order valence-corrected chi connectivity index (χ3v) is 7.24. The minimum Gasteiger partial charge on any atom is -0.493 e. The topological polar surface area (TPSA) is 115 Å². The summed E-state index contributed by atoms with van der Waals surface area (Å²) >= 11 is 0. The van der Waals surface area contributed by atoms with Gasteiger partial charge in [-0.25, -0.2) is 14.8 Å². The van der Waals surface area contributed by atoms with E-state index >= 15 is 0 Å². The van der Waals surface area contributed by atoms with E-state index in [9.17, 15) is 9.90 Å². The number of fused-ring (bicyclic) bond motifs is 1. The van der Waals surface area contributed by atoms with Crippen molar-refractivity contribution in [1.29, 1.82) is 0 Å². The summed E-state index contributed by atoms with van der Waals surface area (Å²) in [6, 6.07) is 17.0. The van der Waals surface area contributed by atoms with Crippen molar-refractivity contribution in [1.82, 2.24) is 14.9 Å². The Labute approximate surface area is 250 Å². The van der Waals surface area contributed by atoms with Crippen LogP contribution in [0.4, 0.5) is 11.5 Å². The lowest BCUT2D eigenvalue weighted by Crippen LogP contribution is -2.21. The summed E-state index contributed by atoms with van der Waals surface area (Å²) in [4.78, 5) is 22.8. The predicted molar refractivity (Wildman–Crippen MR) is 166 cm³/mol. The minimum absolute atomic E-state index is 0.329. The molecule has 1 aliphatic rings. The fraction of sp³-hybridized carbons (Fsp3) is 0.303. The van der Waals surface area contributed by atoms with Crippen LogP contribution < -0.4 is 24.3 Å². The van der Waals surface area contributed by atoms with Crippen LogP contribution in [-0.2, 0) is 11.4 Å². The van der Waals surface area contributed by atoms with Gasteiger partial charge in [0.05, 0.1) is 32.0 Å². The number of ether oxygens (including phenoxy) is 4. The van der Waals surface area contributed by atoms with Gasteiger partial charge in [0.15, 0.2) is 23.0 Å². The van der Waals surface area contributed by atoms with Gasteiger partial charge in [0.2, 0.25) is 0 Å². The quantitative estimate of drug-likeness (QED) is 0.136. The van der Waals surface area contributed by atoms with Crippen molar-refractivity contribution in [2.75, 3.05) is 45.8 Å². The zero-order chi connectivity index (χ0) is 30.0. The molecule has 0 bridgehead atoms. The smallest absolute Gasteiger partial charge is 0.328 e. The first-order valence-electron chi connectivity index (χ1n) is 14.3. The molecule has 43 heavy (non-hydrogen) atoms. The molecule has 0 aliphatic carbocycles. The molecule has 0 spiro atoms. The second kappa shape index (κ2) is 14.4. The van der Waals surface area contributed by atoms with E-state index in [-0.39, 0.29) is 0 Å². The molecule has 0 radical (unpaired) electrons. The van der Waals surface area contributed by atoms with Crippen LogP contribution in [0.5, 0.6) is 23.0 Å². The van der Waals surface area contributed by atoms with Crippen LogP contribution >= 0.6 is 0 Å². The number of carboxylic acid groups (broad SMARTS) is 1. The highest BCUT2D eigenvalue weighted by molar-refractivity contribution is 5.95. The Morgan fingerprint density at radius 3 is 2.53 bits per heavy atom. The van der Waals surface area contributed by atoms with Crippen molar-refractivity contribution < 1.29 is 28.8 Å². The summed E-state index contributed by atoms with van der Waals surface area (Å²) in [5.41, 5.74) is 2.72. The van der Waals surface area contributed by atoms with Gasteiger partial charge in [0.25, 0.3) is 0 Å². The standard InChI is InChI=1S/C33H36N4O6/c1-40-28-20-26-25(19-29(28)42-18-8-17-37-15-6-7-16-37)33(35-22-34-26)36-31-24(12-14-30(38)39)11-13-27(32(31)41-2)43-21-23-9-4-3-5-10-23/h3-5,9-14,19-20,22H,6-8,15-18,21H2,1-2H3,(H,38,39)(H,34,35,36)/b14-12+. The fourth-order valence-electron chi connectivity index (χ4n) is 5.09. The maximum Gasteiger partial charge on any atom is 0.328 e. The van der Waals surface area contributed by atoms with Gasteiger partial charge >= 0.3 is 5.97 Å². The Hall–Kier alpha value is -4.83. The maximum absolute atomic E-state index is 11.4. The Morgan fingerprint density at radius 2 is 1.79 bits per heavy atom. The van der Waals surface area contributed by atoms with E-state index in [1.54, 1.807) is 19.2 Å². The lowest BCUT2D eigenvalue weighted by atomic mass is 10.1. The molecule has 1 saturated heterocycles. The van der Waals surface area contributed by atoms with E-state index in [0.29, 0.717) is 64.2 Å². The number of aliphatic carboxylic acids is 1. The Bertz CT molecular complexity index is 1570. The molecule has 2 heterocycles. The number of aromatic nitrogens is 2. The zero-order valence-corrected chi connectivity index (χ0v) is 24.4. The molecular formula is C33H36N4O6. The van der Waals surface area contributed by atoms with E-state index in [4.69, 9.17) is 18.9 Å². The summed E-state index contributed by atoms with van der Waals surface area (Å²) in [7, 11) is 3.14. The number of nitrogens with zero attached hydrogens (tertiary/aromatic N) is 3. The van der Waals surface area contributed by atoms with E-state index in [1.807, 2.05) is 42.5 Å². The number of benzene rings is 3. The second-order valence-electron chi connectivity index (χ2n) is 10.1. The summed E-state index contributed by atoms with van der Waals surface area (Å²) < 4.78 is 23.7. The molecule has 4 aromatic rings. The van der Waals surface area contributed by atoms with Crippen molar-refractivity contribution in [3.8, 4) is 23.0 Å². The van der Waals surface area contributed by atoms with Crippen LogP contribution in [-0.4, -0.2) is 66.4 Å². The van der Waals surface area contributed by atoms with Crippen LogP contribution in [0.25, 0.3) is 17.0 Å². The highest BCUT2D eigenvalue weighted by atomic mass is 16.5. The Kier molecular flexibility index (Phi) is 9.91. The average Bonchev–Trinajstić information content (AvgIpc) is 3.55. The molecule has 0 amide bonds. The molecule has 0 atom stereocenters. The lowest BCUT2D eigenvalue weighted by Gasteiger charge is -2.19. The Morgan fingerprint density at radius 1 is 0.977 bits per heavy atom. The summed E-state index contributed by atoms with van der Waals surface area (Å²) in [5.74, 6) is 1.48. The van der Waals surface area contributed by atoms with Gasteiger partial charge in [0.1, 0.15) is 18.8 Å². The van der Waals surface area contributed by atoms with Crippen LogP contribution in [0.1, 0.15) is 30.4 Å². The van der Waals surface area contributed by atoms with Crippen molar-refractivity contribution in [2.24, 2.45) is 0 Å². The molecule has 1 fully saturated rings. The van der Waals surface area contributed by atoms with E-state index in [1.165, 1.54) is 32.4 Å². The molecule has 3 aromatic carbocycles. The average molecular weight is 585 g/mol. The van der Waals surface area contributed by atoms with Crippen LogP contribution in [0.15, 0.2) is 67.0 Å². The first-order valence-corrected chi connectivity index (χ1v) is 14.3. The second-order valence-corrected chi connectivity index (χ2v) is 10.1. The fourth-order valence-corrected chi connectivity index (χ4v) is 5.09. The van der Waals surface area contributed by atoms with Crippen LogP contribution in [0, 0.1) is 0 Å². The monoisotopic (exact) mass is 584 g/mol. The zero-order valence-electron chi connectivity index (χ0n) is 24.4. The van der Waals surface area contributed by atoms with Gasteiger partial charge in [-0.05, 0) is 62.2 Å². The third-order valence-electron chi connectivity index (χ3n) is 7.24. The largest absolute Gasteiger partial charge is 0.493 e. The molecule has 1 aromatic heterocycles. The highest BCUT2D eigenvalue weighted by Crippen LogP contribution is 2.42. The van der Waals surface area contributed by atoms with Gasteiger partial charge in [-0.2, -0.15) is 0 Å². The van der Waals surface area contributed by atoms with Crippen molar-refractivity contribution >= 4 is 34.5 Å². The molecule has 224 valence electrons. The summed E-state index contributed by atoms with van der Waals surface area (Å²) in [6.07, 6.45) is 7.45. The van der Waals surface area contributed by atoms with Crippen LogP contribution in [0.3, 0.4) is 0 Å². The number of anilines is 2. The number of likely N-dealkylation sites (tertiary alicyclic amines) is 1. The van der Waals surface area contributed by atoms with Gasteiger partial charge in [-0.1, -0.05) is 30.3 Å². The Balaban J connectivity index is 1.46. The van der Waals surface area contributed by atoms with Gasteiger partial charge < -0.3 is 34.3 Å². The maximum atomic E-state index is 11.4. The predicted octanol–water partition coefficient (Wildman–Crippen LogP) is 5.93. The molecule has 5 rings (SSSR count). The van der Waals surface area contributed by atoms with Crippen molar-refractivity contribution in [2.45, 2.75) is 25.9 Å². The van der Waals surface area contributed by atoms with Crippen molar-refractivity contribution in [3.63, 3.8) is 0 Å². The number of carbonyl (C=O) groups is 1. The SMILES string of the molecule is COc1cc2ncnc(Nc3c(/C=C/C(=O)O)ccc(OCc4ccccc4)c3OC)c2cc1OCCCN1CCCC1. The molecule has 10 heteroatoms. The first-order chi connectivity index (χ1) is 21.1. The third kappa shape index (κ3) is 7.52. The van der Waals surface area contributed by atoms with E-state index in [0.717, 1.165) is 37.7 Å². The molecular weight excluding hydrogens is 548 g/mol. The van der Waals surface area contributed by atoms with E-state index < -0.39 is 5.97 Å². The number of hydrogen-bond acceptors (Lipinski definition) is 9.